The van der Waals surface area contributed by atoms with E-state index in [1.165, 1.54) is 360 Å². The minimum atomic E-state index is 0.374. The SMILES string of the molecule is CCCCCCCCCCCCCCCCC(CCCCCCCCCCCCCCCC)(CCCCCCCCCCCCCCCC)CCCCCCCCCCCCCCCCCO. The average molecular weight is 944 g/mol. The molecule has 0 aromatic rings. The summed E-state index contributed by atoms with van der Waals surface area (Å²) in [5, 5.41) is 8.98. The smallest absolute Gasteiger partial charge is 0.0431 e. The summed E-state index contributed by atoms with van der Waals surface area (Å²) in [6, 6.07) is 0. The third-order valence-electron chi connectivity index (χ3n) is 16.5. The number of aliphatic hydroxyl groups is 1. The Hall–Kier alpha value is -0.0400. The maximum atomic E-state index is 8.98. The van der Waals surface area contributed by atoms with Crippen molar-refractivity contribution in [2.24, 2.45) is 5.41 Å². The largest absolute Gasteiger partial charge is 0.396 e. The van der Waals surface area contributed by atoms with Gasteiger partial charge in [-0.25, -0.2) is 0 Å². The lowest BCUT2D eigenvalue weighted by molar-refractivity contribution is 0.171. The molecule has 404 valence electrons. The molecule has 0 bridgehead atoms. The van der Waals surface area contributed by atoms with Crippen molar-refractivity contribution in [2.75, 3.05) is 6.61 Å². The summed E-state index contributed by atoms with van der Waals surface area (Å²) < 4.78 is 0. The van der Waals surface area contributed by atoms with Crippen LogP contribution in [0.3, 0.4) is 0 Å². The molecule has 0 saturated carbocycles. The van der Waals surface area contributed by atoms with Gasteiger partial charge in [0.15, 0.2) is 0 Å². The van der Waals surface area contributed by atoms with Crippen LogP contribution in [0.4, 0.5) is 0 Å². The first-order chi connectivity index (χ1) is 33.2. The van der Waals surface area contributed by atoms with Crippen molar-refractivity contribution in [2.45, 2.75) is 412 Å². The van der Waals surface area contributed by atoms with Gasteiger partial charge in [-0.05, 0) is 37.5 Å². The van der Waals surface area contributed by atoms with E-state index in [1.54, 1.807) is 25.7 Å². The Kier molecular flexibility index (Phi) is 60.2. The highest BCUT2D eigenvalue weighted by Crippen LogP contribution is 2.42. The molecule has 1 N–H and O–H groups in total. The van der Waals surface area contributed by atoms with Gasteiger partial charge in [-0.3, -0.25) is 0 Å². The van der Waals surface area contributed by atoms with Crippen LogP contribution in [0.5, 0.6) is 0 Å². The molecule has 0 aliphatic carbocycles. The molecule has 67 heavy (non-hydrogen) atoms. The summed E-state index contributed by atoms with van der Waals surface area (Å²) in [5.74, 6) is 0. The van der Waals surface area contributed by atoms with Crippen molar-refractivity contribution in [3.05, 3.63) is 0 Å². The molecule has 0 atom stereocenters. The molecular weight excluding hydrogens is 809 g/mol. The predicted molar refractivity (Wildman–Crippen MR) is 308 cm³/mol. The molecular formula is C66H134O. The van der Waals surface area contributed by atoms with E-state index in [0.717, 1.165) is 6.42 Å². The van der Waals surface area contributed by atoms with E-state index in [2.05, 4.69) is 20.8 Å². The Bertz CT molecular complexity index is 755. The van der Waals surface area contributed by atoms with Crippen LogP contribution in [0.25, 0.3) is 0 Å². The van der Waals surface area contributed by atoms with Gasteiger partial charge in [0.05, 0.1) is 0 Å². The van der Waals surface area contributed by atoms with Crippen molar-refractivity contribution >= 4 is 0 Å². The van der Waals surface area contributed by atoms with Gasteiger partial charge in [0.25, 0.3) is 0 Å². The Morgan fingerprint density at radius 2 is 0.284 bits per heavy atom. The van der Waals surface area contributed by atoms with Crippen molar-refractivity contribution < 1.29 is 5.11 Å². The lowest BCUT2D eigenvalue weighted by Crippen LogP contribution is -2.21. The molecule has 0 saturated heterocycles. The van der Waals surface area contributed by atoms with Crippen molar-refractivity contribution in [1.82, 2.24) is 0 Å². The van der Waals surface area contributed by atoms with Crippen LogP contribution < -0.4 is 0 Å². The topological polar surface area (TPSA) is 20.2 Å². The zero-order valence-electron chi connectivity index (χ0n) is 47.8. The van der Waals surface area contributed by atoms with E-state index in [9.17, 15) is 0 Å². The Morgan fingerprint density at radius 3 is 0.418 bits per heavy atom. The van der Waals surface area contributed by atoms with Gasteiger partial charge in [-0.1, -0.05) is 380 Å². The molecule has 0 aliphatic rings. The molecule has 1 nitrogen and oxygen atoms in total. The van der Waals surface area contributed by atoms with Crippen LogP contribution in [0.2, 0.25) is 0 Å². The number of hydrogen-bond donors (Lipinski definition) is 1. The van der Waals surface area contributed by atoms with Gasteiger partial charge in [0.2, 0.25) is 0 Å². The first-order valence-corrected chi connectivity index (χ1v) is 32.9. The van der Waals surface area contributed by atoms with E-state index < -0.39 is 0 Å². The summed E-state index contributed by atoms with van der Waals surface area (Å²) in [4.78, 5) is 0. The van der Waals surface area contributed by atoms with Crippen LogP contribution in [0, 0.1) is 5.41 Å². The summed E-state index contributed by atoms with van der Waals surface area (Å²) in [6.07, 6.45) is 89.3. The fraction of sp³-hybridized carbons (Fsp3) is 1.00. The summed E-state index contributed by atoms with van der Waals surface area (Å²) in [6.45, 7) is 7.37. The van der Waals surface area contributed by atoms with Crippen molar-refractivity contribution in [3.8, 4) is 0 Å². The highest BCUT2D eigenvalue weighted by molar-refractivity contribution is 4.80. The molecule has 0 radical (unpaired) electrons. The first-order valence-electron chi connectivity index (χ1n) is 32.9. The van der Waals surface area contributed by atoms with Gasteiger partial charge in [0.1, 0.15) is 0 Å². The van der Waals surface area contributed by atoms with Gasteiger partial charge in [-0.15, -0.1) is 0 Å². The fourth-order valence-corrected chi connectivity index (χ4v) is 11.7. The van der Waals surface area contributed by atoms with E-state index >= 15 is 0 Å². The van der Waals surface area contributed by atoms with E-state index in [-0.39, 0.29) is 0 Å². The average Bonchev–Trinajstić information content (AvgIpc) is 3.34. The highest BCUT2D eigenvalue weighted by atomic mass is 16.2. The molecule has 0 fully saturated rings. The normalized spacial score (nSPS) is 12.0. The minimum absolute atomic E-state index is 0.374. The summed E-state index contributed by atoms with van der Waals surface area (Å²) >= 11 is 0. The molecule has 1 heteroatoms. The minimum Gasteiger partial charge on any atom is -0.396 e. The summed E-state index contributed by atoms with van der Waals surface area (Å²) in [5.41, 5.74) is 0.643. The Morgan fingerprint density at radius 1 is 0.164 bits per heavy atom. The number of unbranched alkanes of at least 4 members (excludes halogenated alkanes) is 53. The van der Waals surface area contributed by atoms with Crippen LogP contribution >= 0.6 is 0 Å². The number of hydrogen-bond acceptors (Lipinski definition) is 1. The van der Waals surface area contributed by atoms with Gasteiger partial charge in [0, 0.05) is 6.61 Å². The molecule has 0 aliphatic heterocycles. The predicted octanol–water partition coefficient (Wildman–Crippen LogP) is 24.8. The van der Waals surface area contributed by atoms with Crippen LogP contribution in [0.15, 0.2) is 0 Å². The number of aliphatic hydroxyl groups excluding tert-OH is 1. The Balaban J connectivity index is 4.93. The van der Waals surface area contributed by atoms with Crippen molar-refractivity contribution in [3.63, 3.8) is 0 Å². The summed E-state index contributed by atoms with van der Waals surface area (Å²) in [7, 11) is 0. The third kappa shape index (κ3) is 55.1. The molecule has 0 aromatic carbocycles. The second-order valence-corrected chi connectivity index (χ2v) is 23.3. The van der Waals surface area contributed by atoms with Crippen LogP contribution in [-0.4, -0.2) is 11.7 Å². The molecule has 0 aromatic heterocycles. The fourth-order valence-electron chi connectivity index (χ4n) is 11.7. The van der Waals surface area contributed by atoms with Crippen LogP contribution in [-0.2, 0) is 0 Å². The monoisotopic (exact) mass is 943 g/mol. The lowest BCUT2D eigenvalue weighted by Gasteiger charge is -2.35. The zero-order valence-corrected chi connectivity index (χ0v) is 47.8. The quantitative estimate of drug-likeness (QED) is 0.0603. The van der Waals surface area contributed by atoms with Crippen molar-refractivity contribution in [1.29, 1.82) is 0 Å². The van der Waals surface area contributed by atoms with Crippen LogP contribution in [0.1, 0.15) is 412 Å². The highest BCUT2D eigenvalue weighted by Gasteiger charge is 2.28. The first kappa shape index (κ1) is 67.0. The molecule has 0 rings (SSSR count). The second-order valence-electron chi connectivity index (χ2n) is 23.3. The van der Waals surface area contributed by atoms with Gasteiger partial charge in [-0.2, -0.15) is 0 Å². The number of rotatable bonds is 62. The van der Waals surface area contributed by atoms with E-state index in [1.807, 2.05) is 0 Å². The molecule has 0 amide bonds. The third-order valence-corrected chi connectivity index (χ3v) is 16.5. The molecule has 0 spiro atoms. The standard InChI is InChI=1S/C66H134O/c1-4-7-10-13-16-19-22-25-31-36-41-46-51-56-61-66(62-57-52-47-42-37-32-26-23-20-17-14-11-8-5-2,63-58-53-48-43-38-33-27-24-21-18-15-12-9-6-3)64-59-54-49-44-39-34-29-28-30-35-40-45-50-55-60-65-67/h67H,4-65H2,1-3H3. The maximum Gasteiger partial charge on any atom is 0.0431 e. The lowest BCUT2D eigenvalue weighted by atomic mass is 9.70. The Labute approximate surface area is 427 Å². The maximum absolute atomic E-state index is 8.98. The van der Waals surface area contributed by atoms with Gasteiger partial charge >= 0.3 is 0 Å². The van der Waals surface area contributed by atoms with Gasteiger partial charge < -0.3 is 5.11 Å². The van der Waals surface area contributed by atoms with E-state index in [4.69, 9.17) is 5.11 Å². The zero-order chi connectivity index (χ0) is 48.3. The van der Waals surface area contributed by atoms with E-state index in [0.29, 0.717) is 12.0 Å². The molecule has 0 unspecified atom stereocenters. The second kappa shape index (κ2) is 60.3. The molecule has 0 heterocycles.